The summed E-state index contributed by atoms with van der Waals surface area (Å²) in [5, 5.41) is 1.21. The molecule has 0 bridgehead atoms. The van der Waals surface area contributed by atoms with E-state index in [9.17, 15) is 0 Å². The molecule has 0 spiro atoms. The number of fused-ring (bicyclic) bond motifs is 1. The van der Waals surface area contributed by atoms with Gasteiger partial charge in [-0.2, -0.15) is 0 Å². The van der Waals surface area contributed by atoms with Gasteiger partial charge in [0.25, 0.3) is 5.52 Å². The van der Waals surface area contributed by atoms with Crippen LogP contribution in [-0.2, 0) is 5.54 Å². The first-order chi connectivity index (χ1) is 6.89. The Balaban J connectivity index is 2.79. The third-order valence-electron chi connectivity index (χ3n) is 2.59. The molecule has 0 saturated heterocycles. The number of hydrogen-bond donors (Lipinski definition) is 0. The van der Waals surface area contributed by atoms with Crippen molar-refractivity contribution in [2.24, 2.45) is 0 Å². The quantitative estimate of drug-likeness (QED) is 0.603. The Morgan fingerprint density at radius 2 is 1.80 bits per heavy atom. The second-order valence-corrected chi connectivity index (χ2v) is 5.13. The monoisotopic (exact) mass is 204 g/mol. The van der Waals surface area contributed by atoms with Crippen LogP contribution >= 0.6 is 0 Å². The van der Waals surface area contributed by atoms with E-state index in [-0.39, 0.29) is 5.54 Å². The van der Waals surface area contributed by atoms with Crippen LogP contribution in [-0.4, -0.2) is 0 Å². The molecule has 2 nitrogen and oxygen atoms in total. The highest BCUT2D eigenvalue weighted by Gasteiger charge is 2.30. The van der Waals surface area contributed by atoms with E-state index in [0.29, 0.717) is 0 Å². The van der Waals surface area contributed by atoms with E-state index in [1.165, 1.54) is 16.5 Å². The van der Waals surface area contributed by atoms with Crippen molar-refractivity contribution in [1.82, 2.24) is 0 Å². The number of aryl methyl sites for hydroxylation is 2. The van der Waals surface area contributed by atoms with Crippen LogP contribution in [0.4, 0.5) is 0 Å². The second-order valence-electron chi connectivity index (χ2n) is 5.13. The minimum atomic E-state index is -0.0121. The van der Waals surface area contributed by atoms with E-state index in [2.05, 4.69) is 45.9 Å². The molecule has 0 aliphatic carbocycles. The molecule has 1 aromatic carbocycles. The molecule has 0 amide bonds. The molecular weight excluding hydrogens is 186 g/mol. The lowest BCUT2D eigenvalue weighted by Crippen LogP contribution is -2.48. The highest BCUT2D eigenvalue weighted by molar-refractivity contribution is 5.78. The van der Waals surface area contributed by atoms with Crippen molar-refractivity contribution in [2.45, 2.75) is 40.2 Å². The molecule has 0 radical (unpaired) electrons. The van der Waals surface area contributed by atoms with E-state index in [1.807, 2.05) is 11.7 Å². The predicted octanol–water partition coefficient (Wildman–Crippen LogP) is 3.09. The maximum Gasteiger partial charge on any atom is 0.262 e. The van der Waals surface area contributed by atoms with Crippen LogP contribution in [0.3, 0.4) is 0 Å². The molecule has 0 atom stereocenters. The van der Waals surface area contributed by atoms with Crippen molar-refractivity contribution in [3.05, 3.63) is 29.5 Å². The van der Waals surface area contributed by atoms with Crippen molar-refractivity contribution in [3.63, 3.8) is 0 Å². The maximum atomic E-state index is 5.80. The molecule has 0 fully saturated rings. The smallest absolute Gasteiger partial charge is 0.240 e. The van der Waals surface area contributed by atoms with Gasteiger partial charge < -0.3 is 0 Å². The zero-order chi connectivity index (χ0) is 11.2. The summed E-state index contributed by atoms with van der Waals surface area (Å²) in [7, 11) is 0. The Bertz CT molecular complexity index is 503. The van der Waals surface area contributed by atoms with Crippen LogP contribution in [0.25, 0.3) is 10.9 Å². The number of hydrogen-bond acceptors (Lipinski definition) is 1. The van der Waals surface area contributed by atoms with Gasteiger partial charge in [-0.15, -0.1) is 0 Å². The molecule has 1 heterocycles. The Labute approximate surface area is 90.5 Å². The standard InChI is InChI=1S/C13H18NO/c1-9-6-7-12-11(8-9)10(2)15-14(12)13(3,4)5/h6-8H,1-5H3/q+1. The van der Waals surface area contributed by atoms with Crippen LogP contribution in [0.1, 0.15) is 32.1 Å². The normalized spacial score (nSPS) is 12.3. The lowest BCUT2D eigenvalue weighted by molar-refractivity contribution is -0.888. The van der Waals surface area contributed by atoms with Crippen LogP contribution in [0.15, 0.2) is 22.7 Å². The number of aromatic nitrogens is 1. The molecule has 0 aliphatic heterocycles. The minimum Gasteiger partial charge on any atom is -0.240 e. The van der Waals surface area contributed by atoms with Crippen molar-refractivity contribution in [3.8, 4) is 0 Å². The first-order valence-electron chi connectivity index (χ1n) is 5.32. The number of nitrogens with zero attached hydrogens (tertiary/aromatic N) is 1. The molecule has 0 saturated carbocycles. The highest BCUT2D eigenvalue weighted by Crippen LogP contribution is 2.20. The SMILES string of the molecule is Cc1ccc2c(c1)c(C)o[n+]2C(C)(C)C. The number of rotatable bonds is 0. The number of benzene rings is 1. The average Bonchev–Trinajstić information content (AvgIpc) is 2.43. The Hall–Kier alpha value is -1.31. The van der Waals surface area contributed by atoms with Gasteiger partial charge >= 0.3 is 0 Å². The van der Waals surface area contributed by atoms with Gasteiger partial charge in [0, 0.05) is 33.8 Å². The average molecular weight is 204 g/mol. The van der Waals surface area contributed by atoms with Gasteiger partial charge in [-0.05, 0) is 23.3 Å². The van der Waals surface area contributed by atoms with Crippen molar-refractivity contribution in [2.75, 3.05) is 0 Å². The third-order valence-corrected chi connectivity index (χ3v) is 2.59. The summed E-state index contributed by atoms with van der Waals surface area (Å²) in [5.74, 6) is 0.989. The summed E-state index contributed by atoms with van der Waals surface area (Å²) < 4.78 is 7.78. The summed E-state index contributed by atoms with van der Waals surface area (Å²) in [6, 6.07) is 6.43. The fraction of sp³-hybridized carbons (Fsp3) is 0.462. The van der Waals surface area contributed by atoms with Crippen LogP contribution in [0, 0.1) is 13.8 Å². The summed E-state index contributed by atoms with van der Waals surface area (Å²) >= 11 is 0. The van der Waals surface area contributed by atoms with E-state index >= 15 is 0 Å². The van der Waals surface area contributed by atoms with Crippen LogP contribution in [0.2, 0.25) is 0 Å². The van der Waals surface area contributed by atoms with Gasteiger partial charge in [0.05, 0.1) is 5.39 Å². The molecule has 0 N–H and O–H groups in total. The Morgan fingerprint density at radius 3 is 2.40 bits per heavy atom. The molecule has 0 unspecified atom stereocenters. The summed E-state index contributed by atoms with van der Waals surface area (Å²) in [6.07, 6.45) is 0. The lowest BCUT2D eigenvalue weighted by atomic mass is 10.1. The van der Waals surface area contributed by atoms with Crippen molar-refractivity contribution < 1.29 is 9.26 Å². The second kappa shape index (κ2) is 3.09. The van der Waals surface area contributed by atoms with E-state index < -0.39 is 0 Å². The summed E-state index contributed by atoms with van der Waals surface area (Å²) in [6.45, 7) is 10.6. The van der Waals surface area contributed by atoms with E-state index in [1.54, 1.807) is 0 Å². The van der Waals surface area contributed by atoms with Gasteiger partial charge in [0.15, 0.2) is 5.76 Å². The molecule has 80 valence electrons. The minimum absolute atomic E-state index is 0.0121. The van der Waals surface area contributed by atoms with Crippen molar-refractivity contribution in [1.29, 1.82) is 0 Å². The zero-order valence-electron chi connectivity index (χ0n) is 10.1. The van der Waals surface area contributed by atoms with Crippen LogP contribution < -0.4 is 4.74 Å². The maximum absolute atomic E-state index is 5.80. The van der Waals surface area contributed by atoms with Crippen LogP contribution in [0.5, 0.6) is 0 Å². The molecule has 2 heteroatoms. The molecule has 0 aliphatic rings. The van der Waals surface area contributed by atoms with Crippen molar-refractivity contribution >= 4 is 10.9 Å². The van der Waals surface area contributed by atoms with Gasteiger partial charge in [-0.1, -0.05) is 6.07 Å². The summed E-state index contributed by atoms with van der Waals surface area (Å²) in [5.41, 5.74) is 2.43. The van der Waals surface area contributed by atoms with E-state index in [0.717, 1.165) is 5.76 Å². The molecule has 2 aromatic rings. The zero-order valence-corrected chi connectivity index (χ0v) is 10.1. The van der Waals surface area contributed by atoms with Gasteiger partial charge in [-0.25, -0.2) is 4.52 Å². The first-order valence-corrected chi connectivity index (χ1v) is 5.32. The molecule has 1 aromatic heterocycles. The van der Waals surface area contributed by atoms with Gasteiger partial charge in [-0.3, -0.25) is 0 Å². The molecular formula is C13H18NO+. The Morgan fingerprint density at radius 1 is 1.13 bits per heavy atom. The predicted molar refractivity (Wildman–Crippen MR) is 60.9 cm³/mol. The highest BCUT2D eigenvalue weighted by atomic mass is 16.5. The fourth-order valence-corrected chi connectivity index (χ4v) is 1.84. The third kappa shape index (κ3) is 1.65. The topological polar surface area (TPSA) is 17.0 Å². The van der Waals surface area contributed by atoms with Gasteiger partial charge in [0.1, 0.15) is 0 Å². The molecule has 2 rings (SSSR count). The van der Waals surface area contributed by atoms with E-state index in [4.69, 9.17) is 4.52 Å². The fourth-order valence-electron chi connectivity index (χ4n) is 1.84. The molecule has 15 heavy (non-hydrogen) atoms. The lowest BCUT2D eigenvalue weighted by Gasteiger charge is -2.06. The largest absolute Gasteiger partial charge is 0.262 e. The summed E-state index contributed by atoms with van der Waals surface area (Å²) in [4.78, 5) is 0. The first kappa shape index (κ1) is 10.2. The van der Waals surface area contributed by atoms with Gasteiger partial charge in [0.2, 0.25) is 5.54 Å². The Kier molecular flexibility index (Phi) is 2.10.